The lowest BCUT2D eigenvalue weighted by Gasteiger charge is -2.06. The molecular formula is C16H13Cl2N3O2S3. The number of hydrogen-bond donors (Lipinski definition) is 1. The Morgan fingerprint density at radius 1 is 1.08 bits per heavy atom. The molecule has 1 aromatic heterocycles. The number of benzene rings is 2. The van der Waals surface area contributed by atoms with Gasteiger partial charge in [-0.2, -0.15) is 0 Å². The average molecular weight is 446 g/mol. The minimum absolute atomic E-state index is 0.227. The van der Waals surface area contributed by atoms with E-state index in [2.05, 4.69) is 14.9 Å². The molecule has 0 aliphatic rings. The van der Waals surface area contributed by atoms with Crippen molar-refractivity contribution in [3.05, 3.63) is 69.7 Å². The molecule has 0 radical (unpaired) electrons. The normalized spacial score (nSPS) is 11.5. The lowest BCUT2D eigenvalue weighted by atomic mass is 10.2. The van der Waals surface area contributed by atoms with Crippen LogP contribution in [-0.4, -0.2) is 18.6 Å². The maximum Gasteiger partial charge on any atom is 0.238 e. The molecule has 5 nitrogen and oxygen atoms in total. The van der Waals surface area contributed by atoms with Crippen LogP contribution in [0.15, 0.2) is 52.9 Å². The molecule has 0 saturated heterocycles. The van der Waals surface area contributed by atoms with Gasteiger partial charge in [0.15, 0.2) is 4.34 Å². The van der Waals surface area contributed by atoms with Gasteiger partial charge in [-0.25, -0.2) is 8.42 Å². The smallest absolute Gasteiger partial charge is 0.238 e. The fraction of sp³-hybridized carbons (Fsp3) is 0.125. The van der Waals surface area contributed by atoms with E-state index < -0.39 is 10.0 Å². The van der Waals surface area contributed by atoms with E-state index in [1.54, 1.807) is 12.1 Å². The van der Waals surface area contributed by atoms with Crippen LogP contribution < -0.4 is 4.72 Å². The third-order valence-corrected chi connectivity index (χ3v) is 7.17. The van der Waals surface area contributed by atoms with Crippen LogP contribution in [0.4, 0.5) is 5.13 Å². The molecule has 3 aromatic rings. The Morgan fingerprint density at radius 2 is 1.85 bits per heavy atom. The summed E-state index contributed by atoms with van der Waals surface area (Å²) in [5.74, 6) is 0.470. The van der Waals surface area contributed by atoms with E-state index in [-0.39, 0.29) is 10.9 Å². The molecule has 0 amide bonds. The number of nitrogens with zero attached hydrogens (tertiary/aromatic N) is 2. The van der Waals surface area contributed by atoms with Crippen LogP contribution in [-0.2, 0) is 21.5 Å². The predicted octanol–water partition coefficient (Wildman–Crippen LogP) is 5.08. The lowest BCUT2D eigenvalue weighted by Crippen LogP contribution is -2.15. The molecule has 0 saturated carbocycles. The number of hydrogen-bond acceptors (Lipinski definition) is 6. The van der Waals surface area contributed by atoms with Gasteiger partial charge in [0, 0.05) is 15.8 Å². The summed E-state index contributed by atoms with van der Waals surface area (Å²) in [6.45, 7) is 0. The van der Waals surface area contributed by atoms with Crippen LogP contribution in [0.2, 0.25) is 10.0 Å². The van der Waals surface area contributed by atoms with E-state index >= 15 is 0 Å². The molecule has 1 N–H and O–H groups in total. The fourth-order valence-electron chi connectivity index (χ4n) is 2.04. The van der Waals surface area contributed by atoms with Crippen LogP contribution >= 0.6 is 46.3 Å². The summed E-state index contributed by atoms with van der Waals surface area (Å²) in [7, 11) is -3.66. The Kier molecular flexibility index (Phi) is 6.42. The van der Waals surface area contributed by atoms with Crippen molar-refractivity contribution in [3.63, 3.8) is 0 Å². The fourth-order valence-corrected chi connectivity index (χ4v) is 5.74. The van der Waals surface area contributed by atoms with Gasteiger partial charge >= 0.3 is 0 Å². The van der Waals surface area contributed by atoms with E-state index in [1.165, 1.54) is 29.2 Å². The summed E-state index contributed by atoms with van der Waals surface area (Å²) in [5, 5.41) is 8.89. The molecular weight excluding hydrogens is 433 g/mol. The number of aromatic nitrogens is 2. The van der Waals surface area contributed by atoms with Crippen molar-refractivity contribution in [1.29, 1.82) is 0 Å². The third-order valence-electron chi connectivity index (χ3n) is 3.22. The van der Waals surface area contributed by atoms with Crippen LogP contribution in [0.3, 0.4) is 0 Å². The monoisotopic (exact) mass is 445 g/mol. The average Bonchev–Trinajstić information content (AvgIpc) is 3.03. The topological polar surface area (TPSA) is 72.0 Å². The molecule has 0 atom stereocenters. The van der Waals surface area contributed by atoms with Gasteiger partial charge in [-0.1, -0.05) is 82.7 Å². The van der Waals surface area contributed by atoms with Crippen LogP contribution in [0.5, 0.6) is 0 Å². The minimum atomic E-state index is -3.66. The highest BCUT2D eigenvalue weighted by molar-refractivity contribution is 8.00. The van der Waals surface area contributed by atoms with E-state index in [0.717, 1.165) is 11.3 Å². The first-order valence-electron chi connectivity index (χ1n) is 7.36. The van der Waals surface area contributed by atoms with Crippen molar-refractivity contribution in [1.82, 2.24) is 10.2 Å². The molecule has 10 heteroatoms. The van der Waals surface area contributed by atoms with Crippen molar-refractivity contribution in [2.24, 2.45) is 0 Å². The lowest BCUT2D eigenvalue weighted by molar-refractivity contribution is 0.600. The van der Waals surface area contributed by atoms with Crippen molar-refractivity contribution in [2.75, 3.05) is 4.72 Å². The largest absolute Gasteiger partial charge is 0.257 e. The van der Waals surface area contributed by atoms with E-state index in [1.807, 2.05) is 30.3 Å². The molecule has 0 fully saturated rings. The first-order chi connectivity index (χ1) is 12.4. The molecule has 26 heavy (non-hydrogen) atoms. The zero-order chi connectivity index (χ0) is 18.6. The highest BCUT2D eigenvalue weighted by Crippen LogP contribution is 2.29. The Morgan fingerprint density at radius 3 is 2.58 bits per heavy atom. The predicted molar refractivity (Wildman–Crippen MR) is 109 cm³/mol. The molecule has 3 rings (SSSR count). The van der Waals surface area contributed by atoms with Crippen molar-refractivity contribution in [2.45, 2.75) is 15.8 Å². The van der Waals surface area contributed by atoms with Crippen molar-refractivity contribution < 1.29 is 8.42 Å². The van der Waals surface area contributed by atoms with E-state index in [0.29, 0.717) is 19.9 Å². The van der Waals surface area contributed by atoms with Crippen LogP contribution in [0, 0.1) is 0 Å². The Hall–Kier alpha value is -1.32. The number of rotatable bonds is 7. The number of thioether (sulfide) groups is 1. The Bertz CT molecular complexity index is 995. The Balaban J connectivity index is 1.62. The van der Waals surface area contributed by atoms with Gasteiger partial charge in [-0.15, -0.1) is 10.2 Å². The molecule has 0 bridgehead atoms. The first kappa shape index (κ1) is 19.4. The number of nitrogens with one attached hydrogen (secondary N) is 1. The first-order valence-corrected chi connectivity index (χ1v) is 11.6. The summed E-state index contributed by atoms with van der Waals surface area (Å²) in [6, 6.07) is 14.6. The van der Waals surface area contributed by atoms with Gasteiger partial charge < -0.3 is 0 Å². The molecule has 0 aliphatic heterocycles. The highest BCUT2D eigenvalue weighted by Gasteiger charge is 2.17. The molecule has 1 heterocycles. The quantitative estimate of drug-likeness (QED) is 0.513. The maximum atomic E-state index is 12.3. The zero-order valence-electron chi connectivity index (χ0n) is 13.2. The second-order valence-corrected chi connectivity index (χ2v) is 10.0. The standard InChI is InChI=1S/C16H13Cl2N3O2S3/c17-13-7-6-12(14(18)8-13)10-26(22,23)21-15-19-20-16(25-15)24-9-11-4-2-1-3-5-11/h1-8H,9-10H2,(H,19,21). The zero-order valence-corrected chi connectivity index (χ0v) is 17.2. The SMILES string of the molecule is O=S(=O)(Cc1ccc(Cl)cc1Cl)Nc1nnc(SCc2ccccc2)s1. The molecule has 136 valence electrons. The third kappa shape index (κ3) is 5.59. The van der Waals surface area contributed by atoms with Gasteiger partial charge in [0.1, 0.15) is 0 Å². The molecule has 2 aromatic carbocycles. The summed E-state index contributed by atoms with van der Waals surface area (Å²) < 4.78 is 27.8. The van der Waals surface area contributed by atoms with Gasteiger partial charge in [0.25, 0.3) is 0 Å². The molecule has 0 spiro atoms. The van der Waals surface area contributed by atoms with E-state index in [9.17, 15) is 8.42 Å². The van der Waals surface area contributed by atoms with Crippen molar-refractivity contribution in [3.8, 4) is 0 Å². The number of sulfonamides is 1. The van der Waals surface area contributed by atoms with Gasteiger partial charge in [0.05, 0.1) is 5.75 Å². The molecule has 0 unspecified atom stereocenters. The summed E-state index contributed by atoms with van der Waals surface area (Å²) in [5.41, 5.74) is 1.62. The van der Waals surface area contributed by atoms with Gasteiger partial charge in [-0.05, 0) is 23.3 Å². The van der Waals surface area contributed by atoms with Crippen LogP contribution in [0.25, 0.3) is 0 Å². The highest BCUT2D eigenvalue weighted by atomic mass is 35.5. The number of halogens is 2. The van der Waals surface area contributed by atoms with Gasteiger partial charge in [-0.3, -0.25) is 4.72 Å². The van der Waals surface area contributed by atoms with E-state index in [4.69, 9.17) is 23.2 Å². The molecule has 0 aliphatic carbocycles. The summed E-state index contributed by atoms with van der Waals surface area (Å²) in [6.07, 6.45) is 0. The number of anilines is 1. The second-order valence-electron chi connectivity index (χ2n) is 5.24. The second kappa shape index (κ2) is 8.58. The Labute approximate surface area is 169 Å². The minimum Gasteiger partial charge on any atom is -0.257 e. The van der Waals surface area contributed by atoms with Crippen molar-refractivity contribution >= 4 is 61.5 Å². The maximum absolute atomic E-state index is 12.3. The summed E-state index contributed by atoms with van der Waals surface area (Å²) in [4.78, 5) is 0. The summed E-state index contributed by atoms with van der Waals surface area (Å²) >= 11 is 14.6. The van der Waals surface area contributed by atoms with Crippen LogP contribution in [0.1, 0.15) is 11.1 Å². The van der Waals surface area contributed by atoms with Gasteiger partial charge in [0.2, 0.25) is 15.2 Å².